The van der Waals surface area contributed by atoms with Gasteiger partial charge in [-0.2, -0.15) is 0 Å². The first-order chi connectivity index (χ1) is 16.7. The number of hydrazine groups is 1. The summed E-state index contributed by atoms with van der Waals surface area (Å²) < 4.78 is 0. The molecule has 1 aromatic rings. The minimum atomic E-state index is -0.810. The first kappa shape index (κ1) is 26.4. The van der Waals surface area contributed by atoms with Crippen molar-refractivity contribution in [2.75, 3.05) is 13.6 Å². The summed E-state index contributed by atoms with van der Waals surface area (Å²) in [5, 5.41) is 6.61. The molecular formula is C26H37N5O4. The van der Waals surface area contributed by atoms with E-state index in [2.05, 4.69) is 34.8 Å². The van der Waals surface area contributed by atoms with Crippen LogP contribution in [-0.4, -0.2) is 65.8 Å². The van der Waals surface area contributed by atoms with Crippen molar-refractivity contribution in [2.45, 2.75) is 70.6 Å². The normalized spacial score (nSPS) is 21.0. The summed E-state index contributed by atoms with van der Waals surface area (Å²) >= 11 is 0. The molecule has 0 aromatic heterocycles. The highest BCUT2D eigenvalue weighted by Gasteiger charge is 2.36. The van der Waals surface area contributed by atoms with Gasteiger partial charge in [0.2, 0.25) is 18.2 Å². The van der Waals surface area contributed by atoms with E-state index in [1.807, 2.05) is 33.0 Å². The minimum Gasteiger partial charge on any atom is -0.347 e. The molecule has 1 unspecified atom stereocenters. The number of carbonyl (C=O) groups excluding carboxylic acids is 4. The monoisotopic (exact) mass is 483 g/mol. The minimum absolute atomic E-state index is 0.0122. The second-order valence-electron chi connectivity index (χ2n) is 9.72. The van der Waals surface area contributed by atoms with E-state index in [-0.39, 0.29) is 23.8 Å². The molecule has 1 heterocycles. The van der Waals surface area contributed by atoms with E-state index in [4.69, 9.17) is 0 Å². The average molecular weight is 484 g/mol. The number of benzene rings is 1. The second kappa shape index (κ2) is 11.5. The van der Waals surface area contributed by atoms with Crippen LogP contribution in [0.25, 0.3) is 6.08 Å². The largest absolute Gasteiger partial charge is 0.347 e. The predicted molar refractivity (Wildman–Crippen MR) is 134 cm³/mol. The fourth-order valence-electron chi connectivity index (χ4n) is 4.89. The molecule has 0 saturated carbocycles. The van der Waals surface area contributed by atoms with Crippen molar-refractivity contribution in [1.82, 2.24) is 26.0 Å². The number of nitrogens with one attached hydrogen (secondary N) is 3. The maximum absolute atomic E-state index is 13.4. The summed E-state index contributed by atoms with van der Waals surface area (Å²) in [5.41, 5.74) is 6.53. The van der Waals surface area contributed by atoms with E-state index in [0.29, 0.717) is 25.8 Å². The molecule has 1 fully saturated rings. The van der Waals surface area contributed by atoms with E-state index in [0.717, 1.165) is 24.0 Å². The molecule has 1 aromatic carbocycles. The maximum atomic E-state index is 13.4. The Kier molecular flexibility index (Phi) is 8.67. The van der Waals surface area contributed by atoms with Crippen LogP contribution >= 0.6 is 0 Å². The van der Waals surface area contributed by atoms with E-state index in [9.17, 15) is 19.2 Å². The summed E-state index contributed by atoms with van der Waals surface area (Å²) in [6.45, 7) is 9.52. The van der Waals surface area contributed by atoms with Crippen LogP contribution in [0, 0.1) is 5.92 Å². The first-order valence-corrected chi connectivity index (χ1v) is 12.3. The van der Waals surface area contributed by atoms with Gasteiger partial charge in [0.25, 0.3) is 5.91 Å². The quantitative estimate of drug-likeness (QED) is 0.462. The molecule has 2 aliphatic rings. The first-order valence-electron chi connectivity index (χ1n) is 12.3. The Morgan fingerprint density at radius 1 is 1.23 bits per heavy atom. The Labute approximate surface area is 207 Å². The summed E-state index contributed by atoms with van der Waals surface area (Å²) in [5.74, 6) is -0.933. The van der Waals surface area contributed by atoms with E-state index >= 15 is 0 Å². The molecule has 1 aliphatic carbocycles. The highest BCUT2D eigenvalue weighted by atomic mass is 16.2. The van der Waals surface area contributed by atoms with Gasteiger partial charge in [-0.3, -0.25) is 24.2 Å². The van der Waals surface area contributed by atoms with Gasteiger partial charge in [0.05, 0.1) is 6.04 Å². The van der Waals surface area contributed by atoms with Crippen LogP contribution in [0.3, 0.4) is 0 Å². The lowest BCUT2D eigenvalue weighted by Gasteiger charge is -2.37. The highest BCUT2D eigenvalue weighted by molar-refractivity contribution is 5.90. The number of fused-ring (bicyclic) bond motifs is 1. The molecule has 0 spiro atoms. The van der Waals surface area contributed by atoms with Gasteiger partial charge in [-0.1, -0.05) is 38.6 Å². The number of amides is 4. The van der Waals surface area contributed by atoms with Crippen molar-refractivity contribution < 1.29 is 19.2 Å². The molecule has 3 rings (SSSR count). The molecule has 9 nitrogen and oxygen atoms in total. The zero-order valence-electron chi connectivity index (χ0n) is 21.0. The Morgan fingerprint density at radius 2 is 1.97 bits per heavy atom. The number of carbonyl (C=O) groups is 4. The Bertz CT molecular complexity index is 978. The number of hydrogen-bond acceptors (Lipinski definition) is 5. The highest BCUT2D eigenvalue weighted by Crippen LogP contribution is 2.36. The summed E-state index contributed by atoms with van der Waals surface area (Å²) in [6.07, 6.45) is 5.37. The average Bonchev–Trinajstić information content (AvgIpc) is 3.28. The molecule has 4 amide bonds. The van der Waals surface area contributed by atoms with Gasteiger partial charge in [-0.15, -0.1) is 0 Å². The molecule has 3 N–H and O–H groups in total. The van der Waals surface area contributed by atoms with Crippen LogP contribution in [0.1, 0.15) is 62.8 Å². The van der Waals surface area contributed by atoms with E-state index in [1.54, 1.807) is 11.8 Å². The Balaban J connectivity index is 1.63. The summed E-state index contributed by atoms with van der Waals surface area (Å²) in [6, 6.07) is 4.18. The zero-order valence-corrected chi connectivity index (χ0v) is 21.0. The van der Waals surface area contributed by atoms with Crippen LogP contribution in [-0.2, 0) is 25.6 Å². The lowest BCUT2D eigenvalue weighted by atomic mass is 10.0. The second-order valence-corrected chi connectivity index (χ2v) is 9.72. The molecule has 0 bridgehead atoms. The number of rotatable bonds is 9. The van der Waals surface area contributed by atoms with Crippen molar-refractivity contribution in [3.63, 3.8) is 0 Å². The number of nitrogens with zero attached hydrogens (tertiary/aromatic N) is 2. The molecule has 190 valence electrons. The van der Waals surface area contributed by atoms with Crippen molar-refractivity contribution in [3.8, 4) is 0 Å². The smallest absolute Gasteiger partial charge is 0.258 e. The maximum Gasteiger partial charge on any atom is 0.258 e. The standard InChI is InChI=1S/C26H37N5O4/c1-6-18-9-10-19-11-12-22(20(19)14-18)30(5)26(35)21-8-7-13-31(29-21)25(34)17(4)28-24(33)23(16(2)3)27-15-32/h6,9-10,14-17,21-23,29H,1,7-8,11-13H2,2-5H3,(H,27,32)(H,28,33)/t17-,21?,22+,23-/m0/s1. The molecule has 9 heteroatoms. The van der Waals surface area contributed by atoms with Gasteiger partial charge in [0.1, 0.15) is 18.1 Å². The van der Waals surface area contributed by atoms with E-state index in [1.165, 1.54) is 10.6 Å². The number of aryl methyl sites for hydroxylation is 1. The SMILES string of the molecule is C=Cc1ccc2c(c1)[C@H](N(C)C(=O)C1CCCN(C(=O)[C@H](C)NC(=O)[C@@H](NC=O)C(C)C)N1)CC2. The number of likely N-dealkylation sites (N-methyl/N-ethyl adjacent to an activating group) is 1. The van der Waals surface area contributed by atoms with Gasteiger partial charge in [0.15, 0.2) is 0 Å². The van der Waals surface area contributed by atoms with Crippen molar-refractivity contribution in [3.05, 3.63) is 41.5 Å². The molecule has 35 heavy (non-hydrogen) atoms. The topological polar surface area (TPSA) is 111 Å². The van der Waals surface area contributed by atoms with Crippen LogP contribution in [0.2, 0.25) is 0 Å². The molecule has 1 aliphatic heterocycles. The van der Waals surface area contributed by atoms with Crippen LogP contribution in [0.15, 0.2) is 24.8 Å². The van der Waals surface area contributed by atoms with Gasteiger partial charge in [0, 0.05) is 13.6 Å². The van der Waals surface area contributed by atoms with Gasteiger partial charge < -0.3 is 15.5 Å². The fraction of sp³-hybridized carbons (Fsp3) is 0.538. The van der Waals surface area contributed by atoms with Gasteiger partial charge in [-0.05, 0) is 61.3 Å². The van der Waals surface area contributed by atoms with E-state index < -0.39 is 24.0 Å². The van der Waals surface area contributed by atoms with Crippen LogP contribution in [0.4, 0.5) is 0 Å². The zero-order chi connectivity index (χ0) is 25.7. The Hall–Kier alpha value is -3.20. The molecule has 4 atom stereocenters. The summed E-state index contributed by atoms with van der Waals surface area (Å²) in [4.78, 5) is 51.6. The predicted octanol–water partition coefficient (Wildman–Crippen LogP) is 1.55. The fourth-order valence-corrected chi connectivity index (χ4v) is 4.89. The molecule has 1 saturated heterocycles. The Morgan fingerprint density at radius 3 is 2.63 bits per heavy atom. The third kappa shape index (κ3) is 5.90. The van der Waals surface area contributed by atoms with Crippen LogP contribution in [0.5, 0.6) is 0 Å². The van der Waals surface area contributed by atoms with Crippen molar-refractivity contribution in [2.24, 2.45) is 5.92 Å². The number of hydrogen-bond donors (Lipinski definition) is 3. The molecular weight excluding hydrogens is 446 g/mol. The van der Waals surface area contributed by atoms with Crippen LogP contribution < -0.4 is 16.1 Å². The third-order valence-electron chi connectivity index (χ3n) is 6.94. The molecule has 0 radical (unpaired) electrons. The van der Waals surface area contributed by atoms with Gasteiger partial charge >= 0.3 is 0 Å². The van der Waals surface area contributed by atoms with Crippen molar-refractivity contribution >= 4 is 30.2 Å². The lowest BCUT2D eigenvalue weighted by molar-refractivity contribution is -0.146. The lowest BCUT2D eigenvalue weighted by Crippen LogP contribution is -2.61. The van der Waals surface area contributed by atoms with Crippen molar-refractivity contribution in [1.29, 1.82) is 0 Å². The van der Waals surface area contributed by atoms with Gasteiger partial charge in [-0.25, -0.2) is 5.43 Å². The summed E-state index contributed by atoms with van der Waals surface area (Å²) in [7, 11) is 1.82. The third-order valence-corrected chi connectivity index (χ3v) is 6.94.